The molecule has 5 heteroatoms. The van der Waals surface area contributed by atoms with Gasteiger partial charge in [-0.2, -0.15) is 5.26 Å². The monoisotopic (exact) mass is 249 g/mol. The predicted molar refractivity (Wildman–Crippen MR) is 67.2 cm³/mol. The molecule has 2 N–H and O–H groups in total. The lowest BCUT2D eigenvalue weighted by Crippen LogP contribution is -2.52. The van der Waals surface area contributed by atoms with Crippen molar-refractivity contribution in [1.29, 1.82) is 5.26 Å². The highest BCUT2D eigenvalue weighted by atomic mass is 16.3. The third kappa shape index (κ3) is 3.60. The average molecular weight is 249 g/mol. The van der Waals surface area contributed by atoms with Crippen LogP contribution in [0, 0.1) is 11.3 Å². The van der Waals surface area contributed by atoms with Gasteiger partial charge >= 0.3 is 0 Å². The van der Waals surface area contributed by atoms with Gasteiger partial charge in [0, 0.05) is 6.54 Å². The van der Waals surface area contributed by atoms with E-state index in [2.05, 4.69) is 0 Å². The van der Waals surface area contributed by atoms with Crippen LogP contribution in [-0.4, -0.2) is 22.9 Å². The van der Waals surface area contributed by atoms with Crippen molar-refractivity contribution in [2.45, 2.75) is 38.8 Å². The number of rotatable bonds is 6. The quantitative estimate of drug-likeness (QED) is 0.830. The average Bonchev–Trinajstić information content (AvgIpc) is 2.86. The molecule has 0 aliphatic heterocycles. The molecule has 5 nitrogen and oxygen atoms in total. The van der Waals surface area contributed by atoms with Crippen LogP contribution in [0.2, 0.25) is 0 Å². The van der Waals surface area contributed by atoms with Crippen molar-refractivity contribution in [1.82, 2.24) is 4.90 Å². The summed E-state index contributed by atoms with van der Waals surface area (Å²) in [5.74, 6) is 0.532. The summed E-state index contributed by atoms with van der Waals surface area (Å²) in [7, 11) is 0. The Morgan fingerprint density at radius 3 is 2.89 bits per heavy atom. The summed E-state index contributed by atoms with van der Waals surface area (Å²) >= 11 is 0. The van der Waals surface area contributed by atoms with Crippen LogP contribution in [0.5, 0.6) is 0 Å². The Morgan fingerprint density at radius 1 is 1.67 bits per heavy atom. The lowest BCUT2D eigenvalue weighted by atomic mass is 9.98. The number of carbonyl (C=O) groups is 1. The molecule has 1 atom stereocenters. The SMILES string of the molecule is CCC(C)(N)C(=O)N(CCC#N)Cc1ccco1. The van der Waals surface area contributed by atoms with Crippen molar-refractivity contribution in [3.63, 3.8) is 0 Å². The molecule has 0 aliphatic carbocycles. The number of hydrogen-bond donors (Lipinski definition) is 1. The van der Waals surface area contributed by atoms with Crippen LogP contribution in [0.3, 0.4) is 0 Å². The highest BCUT2D eigenvalue weighted by Crippen LogP contribution is 2.14. The van der Waals surface area contributed by atoms with Gasteiger partial charge in [-0.05, 0) is 25.5 Å². The zero-order valence-electron chi connectivity index (χ0n) is 10.8. The molecular weight excluding hydrogens is 230 g/mol. The summed E-state index contributed by atoms with van der Waals surface area (Å²) < 4.78 is 5.22. The van der Waals surface area contributed by atoms with Crippen molar-refractivity contribution < 1.29 is 9.21 Å². The van der Waals surface area contributed by atoms with E-state index >= 15 is 0 Å². The molecule has 1 heterocycles. The van der Waals surface area contributed by atoms with Crippen LogP contribution in [0.15, 0.2) is 22.8 Å². The molecule has 1 aromatic rings. The minimum atomic E-state index is -0.901. The van der Waals surface area contributed by atoms with Crippen LogP contribution in [0.4, 0.5) is 0 Å². The first-order valence-electron chi connectivity index (χ1n) is 5.99. The van der Waals surface area contributed by atoms with Gasteiger partial charge in [-0.1, -0.05) is 6.92 Å². The van der Waals surface area contributed by atoms with Gasteiger partial charge in [-0.25, -0.2) is 0 Å². The van der Waals surface area contributed by atoms with E-state index in [0.29, 0.717) is 25.3 Å². The smallest absolute Gasteiger partial charge is 0.242 e. The molecule has 0 aromatic carbocycles. The highest BCUT2D eigenvalue weighted by molar-refractivity contribution is 5.85. The van der Waals surface area contributed by atoms with E-state index in [0.717, 1.165) is 0 Å². The first-order valence-corrected chi connectivity index (χ1v) is 5.99. The molecule has 1 amide bonds. The van der Waals surface area contributed by atoms with E-state index in [1.807, 2.05) is 13.0 Å². The normalized spacial score (nSPS) is 13.7. The number of nitrogens with zero attached hydrogens (tertiary/aromatic N) is 2. The van der Waals surface area contributed by atoms with E-state index in [1.54, 1.807) is 30.2 Å². The zero-order valence-corrected chi connectivity index (χ0v) is 10.8. The number of hydrogen-bond acceptors (Lipinski definition) is 4. The molecule has 0 saturated carbocycles. The summed E-state index contributed by atoms with van der Waals surface area (Å²) in [6.45, 7) is 4.28. The molecule has 0 fully saturated rings. The number of nitriles is 1. The molecule has 1 unspecified atom stereocenters. The first kappa shape index (κ1) is 14.3. The lowest BCUT2D eigenvalue weighted by molar-refractivity contribution is -0.137. The van der Waals surface area contributed by atoms with E-state index in [9.17, 15) is 4.79 Å². The maximum absolute atomic E-state index is 12.3. The van der Waals surface area contributed by atoms with Crippen molar-refractivity contribution in [2.24, 2.45) is 5.73 Å². The Morgan fingerprint density at radius 2 is 2.39 bits per heavy atom. The molecule has 0 spiro atoms. The third-order valence-electron chi connectivity index (χ3n) is 2.93. The maximum Gasteiger partial charge on any atom is 0.242 e. The van der Waals surface area contributed by atoms with Gasteiger partial charge < -0.3 is 15.1 Å². The molecule has 0 aliphatic rings. The lowest BCUT2D eigenvalue weighted by Gasteiger charge is -2.30. The molecule has 0 bridgehead atoms. The van der Waals surface area contributed by atoms with Gasteiger partial charge in [0.05, 0.1) is 30.8 Å². The van der Waals surface area contributed by atoms with E-state index in [4.69, 9.17) is 15.4 Å². The fourth-order valence-corrected chi connectivity index (χ4v) is 1.54. The first-order chi connectivity index (χ1) is 8.51. The van der Waals surface area contributed by atoms with Gasteiger partial charge in [0.1, 0.15) is 5.76 Å². The standard InChI is InChI=1S/C13H19N3O2/c1-3-13(2,15)12(17)16(8-5-7-14)10-11-6-4-9-18-11/h4,6,9H,3,5,8,10,15H2,1-2H3. The second-order valence-electron chi connectivity index (χ2n) is 4.49. The number of nitrogens with two attached hydrogens (primary N) is 1. The van der Waals surface area contributed by atoms with Crippen LogP contribution in [-0.2, 0) is 11.3 Å². The van der Waals surface area contributed by atoms with Crippen LogP contribution in [0.25, 0.3) is 0 Å². The fraction of sp³-hybridized carbons (Fsp3) is 0.538. The van der Waals surface area contributed by atoms with E-state index < -0.39 is 5.54 Å². The minimum absolute atomic E-state index is 0.156. The van der Waals surface area contributed by atoms with Crippen molar-refractivity contribution in [2.75, 3.05) is 6.54 Å². The van der Waals surface area contributed by atoms with E-state index in [-0.39, 0.29) is 12.3 Å². The van der Waals surface area contributed by atoms with Crippen LogP contribution in [0.1, 0.15) is 32.4 Å². The fourth-order valence-electron chi connectivity index (χ4n) is 1.54. The van der Waals surface area contributed by atoms with Gasteiger partial charge in [-0.3, -0.25) is 4.79 Å². The molecule has 1 aromatic heterocycles. The van der Waals surface area contributed by atoms with Gasteiger partial charge in [-0.15, -0.1) is 0 Å². The van der Waals surface area contributed by atoms with Crippen LogP contribution < -0.4 is 5.73 Å². The minimum Gasteiger partial charge on any atom is -0.467 e. The Bertz CT molecular complexity index is 418. The second-order valence-corrected chi connectivity index (χ2v) is 4.49. The summed E-state index contributed by atoms with van der Waals surface area (Å²) in [6.07, 6.45) is 2.39. The van der Waals surface area contributed by atoms with Crippen molar-refractivity contribution in [3.8, 4) is 6.07 Å². The largest absolute Gasteiger partial charge is 0.467 e. The van der Waals surface area contributed by atoms with Crippen molar-refractivity contribution in [3.05, 3.63) is 24.2 Å². The summed E-state index contributed by atoms with van der Waals surface area (Å²) in [6, 6.07) is 5.60. The topological polar surface area (TPSA) is 83.3 Å². The Balaban J connectivity index is 2.78. The predicted octanol–water partition coefficient (Wildman–Crippen LogP) is 1.65. The summed E-state index contributed by atoms with van der Waals surface area (Å²) in [5, 5.41) is 8.64. The van der Waals surface area contributed by atoms with Gasteiger partial charge in [0.2, 0.25) is 5.91 Å². The molecule has 0 radical (unpaired) electrons. The zero-order chi connectivity index (χ0) is 13.6. The summed E-state index contributed by atoms with van der Waals surface area (Å²) in [4.78, 5) is 13.9. The third-order valence-corrected chi connectivity index (χ3v) is 2.93. The second kappa shape index (κ2) is 6.22. The molecular formula is C13H19N3O2. The molecule has 18 heavy (non-hydrogen) atoms. The number of furan rings is 1. The Kier molecular flexibility index (Phi) is 4.93. The maximum atomic E-state index is 12.3. The number of amides is 1. The molecule has 98 valence electrons. The van der Waals surface area contributed by atoms with Gasteiger partial charge in [0.25, 0.3) is 0 Å². The molecule has 1 rings (SSSR count). The van der Waals surface area contributed by atoms with Gasteiger partial charge in [0.15, 0.2) is 0 Å². The Hall–Kier alpha value is -1.80. The van der Waals surface area contributed by atoms with Crippen molar-refractivity contribution >= 4 is 5.91 Å². The summed E-state index contributed by atoms with van der Waals surface area (Å²) in [5.41, 5.74) is 5.06. The molecule has 0 saturated heterocycles. The Labute approximate surface area is 107 Å². The van der Waals surface area contributed by atoms with Crippen LogP contribution >= 0.6 is 0 Å². The number of carbonyl (C=O) groups excluding carboxylic acids is 1. The highest BCUT2D eigenvalue weighted by Gasteiger charge is 2.31. The van der Waals surface area contributed by atoms with E-state index in [1.165, 1.54) is 0 Å².